The Morgan fingerprint density at radius 3 is 2.75 bits per heavy atom. The van der Waals surface area contributed by atoms with Gasteiger partial charge in [-0.3, -0.25) is 4.79 Å². The van der Waals surface area contributed by atoms with E-state index in [0.29, 0.717) is 6.54 Å². The smallest absolute Gasteiger partial charge is 0.243 e. The first-order valence-electron chi connectivity index (χ1n) is 5.24. The highest BCUT2D eigenvalue weighted by atomic mass is 16.1. The number of benzene rings is 1. The molecule has 0 unspecified atom stereocenters. The zero-order chi connectivity index (χ0) is 12.0. The Bertz CT molecular complexity index is 372. The van der Waals surface area contributed by atoms with E-state index in [1.165, 1.54) is 11.6 Å². The van der Waals surface area contributed by atoms with Gasteiger partial charge in [0.15, 0.2) is 0 Å². The molecule has 1 N–H and O–H groups in total. The number of nitrogens with one attached hydrogen (secondary N) is 1. The van der Waals surface area contributed by atoms with E-state index in [9.17, 15) is 4.79 Å². The average Bonchev–Trinajstić information content (AvgIpc) is 2.25. The molecule has 0 heterocycles. The van der Waals surface area contributed by atoms with Crippen LogP contribution >= 0.6 is 0 Å². The summed E-state index contributed by atoms with van der Waals surface area (Å²) < 4.78 is 0. The predicted molar refractivity (Wildman–Crippen MR) is 65.9 cm³/mol. The fourth-order valence-corrected chi connectivity index (χ4v) is 1.46. The van der Waals surface area contributed by atoms with Gasteiger partial charge in [-0.2, -0.15) is 0 Å². The molecular weight excluding hydrogens is 200 g/mol. The average molecular weight is 218 g/mol. The van der Waals surface area contributed by atoms with Crippen molar-refractivity contribution in [2.24, 2.45) is 0 Å². The van der Waals surface area contributed by atoms with E-state index in [1.54, 1.807) is 0 Å². The molecule has 0 aliphatic heterocycles. The molecule has 1 rings (SSSR count). The van der Waals surface area contributed by atoms with Gasteiger partial charge in [0, 0.05) is 13.1 Å². The van der Waals surface area contributed by atoms with Gasteiger partial charge in [0.05, 0.1) is 0 Å². The largest absolute Gasteiger partial charge is 0.348 e. The van der Waals surface area contributed by atoms with Crippen LogP contribution in [0, 0.1) is 0 Å². The summed E-state index contributed by atoms with van der Waals surface area (Å²) in [5.74, 6) is -0.141. The number of nitrogens with zero attached hydrogens (tertiary/aromatic N) is 1. The van der Waals surface area contributed by atoms with Gasteiger partial charge in [0.25, 0.3) is 0 Å². The Morgan fingerprint density at radius 1 is 1.44 bits per heavy atom. The molecule has 0 radical (unpaired) electrons. The van der Waals surface area contributed by atoms with E-state index in [-0.39, 0.29) is 5.91 Å². The maximum absolute atomic E-state index is 11.0. The number of carbonyl (C=O) groups is 1. The Labute approximate surface area is 96.8 Å². The lowest BCUT2D eigenvalue weighted by molar-refractivity contribution is -0.116. The SMILES string of the molecule is C=CC(=O)NCc1cccc(CN(C)C)c1. The van der Waals surface area contributed by atoms with Crippen molar-refractivity contribution in [1.82, 2.24) is 10.2 Å². The molecule has 3 nitrogen and oxygen atoms in total. The molecule has 3 heteroatoms. The molecule has 0 aromatic heterocycles. The highest BCUT2D eigenvalue weighted by Gasteiger charge is 1.99. The van der Waals surface area contributed by atoms with E-state index < -0.39 is 0 Å². The molecule has 1 amide bonds. The van der Waals surface area contributed by atoms with E-state index in [4.69, 9.17) is 0 Å². The van der Waals surface area contributed by atoms with E-state index in [0.717, 1.165) is 12.1 Å². The maximum Gasteiger partial charge on any atom is 0.243 e. The molecule has 0 saturated heterocycles. The Balaban J connectivity index is 2.60. The second-order valence-corrected chi connectivity index (χ2v) is 3.98. The topological polar surface area (TPSA) is 32.3 Å². The summed E-state index contributed by atoms with van der Waals surface area (Å²) in [4.78, 5) is 13.1. The minimum absolute atomic E-state index is 0.141. The maximum atomic E-state index is 11.0. The van der Waals surface area contributed by atoms with Crippen LogP contribution in [0.2, 0.25) is 0 Å². The van der Waals surface area contributed by atoms with Crippen molar-refractivity contribution in [3.05, 3.63) is 48.0 Å². The quantitative estimate of drug-likeness (QED) is 0.760. The normalized spacial score (nSPS) is 10.2. The van der Waals surface area contributed by atoms with Crippen molar-refractivity contribution in [3.63, 3.8) is 0 Å². The van der Waals surface area contributed by atoms with Crippen molar-refractivity contribution in [1.29, 1.82) is 0 Å². The standard InChI is InChI=1S/C13H18N2O/c1-4-13(16)14-9-11-6-5-7-12(8-11)10-15(2)3/h4-8H,1,9-10H2,2-3H3,(H,14,16). The van der Waals surface area contributed by atoms with Crippen molar-refractivity contribution >= 4 is 5.91 Å². The van der Waals surface area contributed by atoms with Gasteiger partial charge in [0.2, 0.25) is 5.91 Å². The molecule has 0 saturated carbocycles. The van der Waals surface area contributed by atoms with Crippen LogP contribution in [0.5, 0.6) is 0 Å². The van der Waals surface area contributed by atoms with Crippen molar-refractivity contribution in [3.8, 4) is 0 Å². The Morgan fingerprint density at radius 2 is 2.12 bits per heavy atom. The van der Waals surface area contributed by atoms with Crippen LogP contribution in [-0.2, 0) is 17.9 Å². The van der Waals surface area contributed by atoms with Crippen LogP contribution in [-0.4, -0.2) is 24.9 Å². The first kappa shape index (κ1) is 12.5. The van der Waals surface area contributed by atoms with Crippen molar-refractivity contribution in [2.75, 3.05) is 14.1 Å². The predicted octanol–water partition coefficient (Wildman–Crippen LogP) is 1.55. The lowest BCUT2D eigenvalue weighted by Gasteiger charge is -2.11. The van der Waals surface area contributed by atoms with Crippen LogP contribution in [0.3, 0.4) is 0 Å². The molecule has 0 fully saturated rings. The number of hydrogen-bond acceptors (Lipinski definition) is 2. The summed E-state index contributed by atoms with van der Waals surface area (Å²) in [5, 5.41) is 2.76. The second-order valence-electron chi connectivity index (χ2n) is 3.98. The summed E-state index contributed by atoms with van der Waals surface area (Å²) in [6.45, 7) is 4.86. The fourth-order valence-electron chi connectivity index (χ4n) is 1.46. The van der Waals surface area contributed by atoms with Crippen LogP contribution in [0.4, 0.5) is 0 Å². The third-order valence-corrected chi connectivity index (χ3v) is 2.14. The van der Waals surface area contributed by atoms with Crippen molar-refractivity contribution < 1.29 is 4.79 Å². The number of carbonyl (C=O) groups excluding carboxylic acids is 1. The summed E-state index contributed by atoms with van der Waals surface area (Å²) >= 11 is 0. The van der Waals surface area contributed by atoms with Gasteiger partial charge in [-0.1, -0.05) is 30.8 Å². The van der Waals surface area contributed by atoms with Gasteiger partial charge in [-0.15, -0.1) is 0 Å². The van der Waals surface area contributed by atoms with Crippen LogP contribution in [0.25, 0.3) is 0 Å². The van der Waals surface area contributed by atoms with Gasteiger partial charge in [-0.25, -0.2) is 0 Å². The molecule has 1 aromatic rings. The second kappa shape index (κ2) is 6.08. The summed E-state index contributed by atoms with van der Waals surface area (Å²) in [6.07, 6.45) is 1.28. The first-order chi connectivity index (χ1) is 7.61. The Kier molecular flexibility index (Phi) is 4.73. The van der Waals surface area contributed by atoms with E-state index in [2.05, 4.69) is 28.9 Å². The zero-order valence-corrected chi connectivity index (χ0v) is 9.86. The van der Waals surface area contributed by atoms with Gasteiger partial charge in [-0.05, 0) is 31.3 Å². The van der Waals surface area contributed by atoms with Gasteiger partial charge < -0.3 is 10.2 Å². The summed E-state index contributed by atoms with van der Waals surface area (Å²) in [5.41, 5.74) is 2.35. The monoisotopic (exact) mass is 218 g/mol. The molecule has 0 aliphatic rings. The van der Waals surface area contributed by atoms with Gasteiger partial charge in [0.1, 0.15) is 0 Å². The third kappa shape index (κ3) is 4.28. The summed E-state index contributed by atoms with van der Waals surface area (Å²) in [7, 11) is 4.07. The van der Waals surface area contributed by atoms with Crippen LogP contribution < -0.4 is 5.32 Å². The molecule has 0 atom stereocenters. The van der Waals surface area contributed by atoms with Crippen molar-refractivity contribution in [2.45, 2.75) is 13.1 Å². The van der Waals surface area contributed by atoms with Crippen LogP contribution in [0.1, 0.15) is 11.1 Å². The molecular formula is C13H18N2O. The van der Waals surface area contributed by atoms with Crippen LogP contribution in [0.15, 0.2) is 36.9 Å². The third-order valence-electron chi connectivity index (χ3n) is 2.14. The number of amides is 1. The fraction of sp³-hybridized carbons (Fsp3) is 0.308. The summed E-state index contributed by atoms with van der Waals surface area (Å²) in [6, 6.07) is 8.19. The van der Waals surface area contributed by atoms with E-state index in [1.807, 2.05) is 26.2 Å². The number of hydrogen-bond donors (Lipinski definition) is 1. The highest BCUT2D eigenvalue weighted by Crippen LogP contribution is 2.06. The number of rotatable bonds is 5. The molecule has 0 spiro atoms. The minimum Gasteiger partial charge on any atom is -0.348 e. The van der Waals surface area contributed by atoms with E-state index >= 15 is 0 Å². The lowest BCUT2D eigenvalue weighted by atomic mass is 10.1. The minimum atomic E-state index is -0.141. The molecule has 86 valence electrons. The van der Waals surface area contributed by atoms with Gasteiger partial charge >= 0.3 is 0 Å². The zero-order valence-electron chi connectivity index (χ0n) is 9.86. The molecule has 0 bridgehead atoms. The highest BCUT2D eigenvalue weighted by molar-refractivity contribution is 5.86. The molecule has 1 aromatic carbocycles. The Hall–Kier alpha value is -1.61. The lowest BCUT2D eigenvalue weighted by Crippen LogP contribution is -2.20. The molecule has 16 heavy (non-hydrogen) atoms. The molecule has 0 aliphatic carbocycles. The first-order valence-corrected chi connectivity index (χ1v) is 5.24.